The Morgan fingerprint density at radius 3 is 2.67 bits per heavy atom. The minimum atomic E-state index is -0.365. The number of carbonyl (C=O) groups excluding carboxylic acids is 1. The molecule has 1 aromatic heterocycles. The summed E-state index contributed by atoms with van der Waals surface area (Å²) in [6.07, 6.45) is 1.76. The lowest BCUT2D eigenvalue weighted by Gasteiger charge is -2.21. The molecule has 0 radical (unpaired) electrons. The molecule has 0 unspecified atom stereocenters. The zero-order valence-electron chi connectivity index (χ0n) is 12.8. The van der Waals surface area contributed by atoms with Gasteiger partial charge in [-0.3, -0.25) is 9.48 Å². The van der Waals surface area contributed by atoms with Gasteiger partial charge in [-0.2, -0.15) is 5.10 Å². The topological polar surface area (TPSA) is 38.1 Å². The first-order valence-electron chi connectivity index (χ1n) is 7.07. The van der Waals surface area contributed by atoms with E-state index in [4.69, 9.17) is 0 Å². The Morgan fingerprint density at radius 1 is 1.38 bits per heavy atom. The summed E-state index contributed by atoms with van der Waals surface area (Å²) in [6, 6.07) is 6.89. The van der Waals surface area contributed by atoms with E-state index in [0.717, 1.165) is 0 Å². The molecule has 2 rings (SSSR count). The molecule has 21 heavy (non-hydrogen) atoms. The molecule has 1 aromatic carbocycles. The first kappa shape index (κ1) is 15.2. The highest BCUT2D eigenvalue weighted by Crippen LogP contribution is 2.23. The number of halogens is 1. The predicted octanol–water partition coefficient (Wildman–Crippen LogP) is 3.58. The van der Waals surface area contributed by atoms with Gasteiger partial charge in [-0.15, -0.1) is 0 Å². The number of carbonyl (C=O) groups is 1. The fourth-order valence-electron chi connectivity index (χ4n) is 2.14. The Balaban J connectivity index is 2.36. The number of hydrogen-bond donors (Lipinski definition) is 0. The summed E-state index contributed by atoms with van der Waals surface area (Å²) in [5.74, 6) is -0.655. The average molecular weight is 289 g/mol. The SMILES string of the molecule is CCN(C(=O)c1ccn(C(C)C)n1)c1cccc(C)c1F. The van der Waals surface area contributed by atoms with Gasteiger partial charge >= 0.3 is 0 Å². The van der Waals surface area contributed by atoms with E-state index < -0.39 is 0 Å². The average Bonchev–Trinajstić information content (AvgIpc) is 2.94. The molecule has 0 fully saturated rings. The van der Waals surface area contributed by atoms with Gasteiger partial charge in [0.15, 0.2) is 5.69 Å². The van der Waals surface area contributed by atoms with E-state index >= 15 is 0 Å². The molecule has 0 aliphatic heterocycles. The maximum atomic E-state index is 14.2. The van der Waals surface area contributed by atoms with Crippen LogP contribution < -0.4 is 4.90 Å². The van der Waals surface area contributed by atoms with Crippen LogP contribution >= 0.6 is 0 Å². The van der Waals surface area contributed by atoms with Crippen LogP contribution in [0.25, 0.3) is 0 Å². The van der Waals surface area contributed by atoms with E-state index in [0.29, 0.717) is 23.5 Å². The summed E-state index contributed by atoms with van der Waals surface area (Å²) in [6.45, 7) is 7.86. The molecule has 112 valence electrons. The van der Waals surface area contributed by atoms with Crippen LogP contribution in [0.4, 0.5) is 10.1 Å². The van der Waals surface area contributed by atoms with Gasteiger partial charge in [0.05, 0.1) is 5.69 Å². The van der Waals surface area contributed by atoms with Crippen molar-refractivity contribution >= 4 is 11.6 Å². The highest BCUT2D eigenvalue weighted by Gasteiger charge is 2.22. The van der Waals surface area contributed by atoms with Gasteiger partial charge in [-0.1, -0.05) is 12.1 Å². The molecule has 0 saturated carbocycles. The van der Waals surface area contributed by atoms with Crippen LogP contribution in [0.5, 0.6) is 0 Å². The summed E-state index contributed by atoms with van der Waals surface area (Å²) in [5, 5.41) is 4.26. The number of aryl methyl sites for hydroxylation is 1. The molecular formula is C16H20FN3O. The summed E-state index contributed by atoms with van der Waals surface area (Å²) in [4.78, 5) is 14.0. The van der Waals surface area contributed by atoms with Gasteiger partial charge in [0.2, 0.25) is 0 Å². The van der Waals surface area contributed by atoms with Gasteiger partial charge in [0.1, 0.15) is 5.82 Å². The van der Waals surface area contributed by atoms with Gasteiger partial charge in [-0.05, 0) is 45.4 Å². The molecule has 0 bridgehead atoms. The largest absolute Gasteiger partial charge is 0.304 e. The standard InChI is InChI=1S/C16H20FN3O/c1-5-19(14-8-6-7-12(4)15(14)17)16(21)13-9-10-20(18-13)11(2)3/h6-11H,5H2,1-4H3. The minimum absolute atomic E-state index is 0.178. The van der Waals surface area contributed by atoms with E-state index in [1.807, 2.05) is 20.8 Å². The molecule has 0 aliphatic carbocycles. The highest BCUT2D eigenvalue weighted by molar-refractivity contribution is 6.04. The Morgan fingerprint density at radius 2 is 2.10 bits per heavy atom. The molecule has 2 aromatic rings. The summed E-state index contributed by atoms with van der Waals surface area (Å²) < 4.78 is 15.9. The number of anilines is 1. The summed E-state index contributed by atoms with van der Waals surface area (Å²) >= 11 is 0. The van der Waals surface area contributed by atoms with Crippen molar-refractivity contribution in [1.82, 2.24) is 9.78 Å². The quantitative estimate of drug-likeness (QED) is 0.863. The number of benzene rings is 1. The molecule has 1 heterocycles. The highest BCUT2D eigenvalue weighted by atomic mass is 19.1. The van der Waals surface area contributed by atoms with Gasteiger partial charge < -0.3 is 4.90 Å². The van der Waals surface area contributed by atoms with E-state index in [-0.39, 0.29) is 17.8 Å². The van der Waals surface area contributed by atoms with Gasteiger partial charge in [0.25, 0.3) is 5.91 Å². The zero-order chi connectivity index (χ0) is 15.6. The Hall–Kier alpha value is -2.17. The second kappa shape index (κ2) is 6.08. The van der Waals surface area contributed by atoms with E-state index in [1.54, 1.807) is 42.1 Å². The van der Waals surface area contributed by atoms with Crippen LogP contribution in [0, 0.1) is 12.7 Å². The molecule has 0 spiro atoms. The first-order chi connectivity index (χ1) is 9.95. The van der Waals surface area contributed by atoms with Crippen molar-refractivity contribution in [2.24, 2.45) is 0 Å². The number of amides is 1. The Bertz CT molecular complexity index is 649. The number of nitrogens with zero attached hydrogens (tertiary/aromatic N) is 3. The van der Waals surface area contributed by atoms with Crippen molar-refractivity contribution in [3.05, 3.63) is 47.5 Å². The second-order valence-electron chi connectivity index (χ2n) is 5.23. The lowest BCUT2D eigenvalue weighted by Crippen LogP contribution is -2.32. The molecule has 0 atom stereocenters. The molecule has 1 amide bonds. The van der Waals surface area contributed by atoms with Crippen LogP contribution in [-0.2, 0) is 0 Å². The Labute approximate surface area is 124 Å². The third kappa shape index (κ3) is 2.96. The van der Waals surface area contributed by atoms with E-state index in [9.17, 15) is 9.18 Å². The maximum absolute atomic E-state index is 14.2. The van der Waals surface area contributed by atoms with Crippen LogP contribution in [0.2, 0.25) is 0 Å². The molecule has 0 aliphatic rings. The predicted molar refractivity (Wildman–Crippen MR) is 81.1 cm³/mol. The second-order valence-corrected chi connectivity index (χ2v) is 5.23. The molecule has 0 saturated heterocycles. The third-order valence-electron chi connectivity index (χ3n) is 3.38. The number of aromatic nitrogens is 2. The van der Waals surface area contributed by atoms with Crippen LogP contribution in [0.1, 0.15) is 42.9 Å². The summed E-state index contributed by atoms with van der Waals surface area (Å²) in [5.41, 5.74) is 1.14. The minimum Gasteiger partial charge on any atom is -0.304 e. The Kier molecular flexibility index (Phi) is 4.40. The van der Waals surface area contributed by atoms with Gasteiger partial charge in [0, 0.05) is 18.8 Å². The van der Waals surface area contributed by atoms with E-state index in [1.165, 1.54) is 4.90 Å². The van der Waals surface area contributed by atoms with Crippen molar-refractivity contribution in [2.45, 2.75) is 33.7 Å². The lowest BCUT2D eigenvalue weighted by atomic mass is 10.2. The van der Waals surface area contributed by atoms with Crippen LogP contribution in [0.3, 0.4) is 0 Å². The first-order valence-corrected chi connectivity index (χ1v) is 7.07. The van der Waals surface area contributed by atoms with E-state index in [2.05, 4.69) is 5.10 Å². The van der Waals surface area contributed by atoms with Crippen molar-refractivity contribution < 1.29 is 9.18 Å². The smallest absolute Gasteiger partial charge is 0.278 e. The maximum Gasteiger partial charge on any atom is 0.278 e. The number of hydrogen-bond acceptors (Lipinski definition) is 2. The monoisotopic (exact) mass is 289 g/mol. The third-order valence-corrected chi connectivity index (χ3v) is 3.38. The van der Waals surface area contributed by atoms with Crippen LogP contribution in [0.15, 0.2) is 30.5 Å². The number of rotatable bonds is 4. The van der Waals surface area contributed by atoms with Crippen LogP contribution in [-0.4, -0.2) is 22.2 Å². The molecule has 4 nitrogen and oxygen atoms in total. The fourth-order valence-corrected chi connectivity index (χ4v) is 2.14. The molecular weight excluding hydrogens is 269 g/mol. The lowest BCUT2D eigenvalue weighted by molar-refractivity contribution is 0.0981. The van der Waals surface area contributed by atoms with Crippen molar-refractivity contribution in [3.8, 4) is 0 Å². The van der Waals surface area contributed by atoms with Gasteiger partial charge in [-0.25, -0.2) is 4.39 Å². The van der Waals surface area contributed by atoms with Crippen molar-refractivity contribution in [2.75, 3.05) is 11.4 Å². The molecule has 5 heteroatoms. The van der Waals surface area contributed by atoms with Crippen molar-refractivity contribution in [1.29, 1.82) is 0 Å². The fraction of sp³-hybridized carbons (Fsp3) is 0.375. The normalized spacial score (nSPS) is 11.0. The summed E-state index contributed by atoms with van der Waals surface area (Å²) in [7, 11) is 0. The zero-order valence-corrected chi connectivity index (χ0v) is 12.8. The molecule has 0 N–H and O–H groups in total. The van der Waals surface area contributed by atoms with Crippen molar-refractivity contribution in [3.63, 3.8) is 0 Å².